The zero-order valence-corrected chi connectivity index (χ0v) is 18.7. The summed E-state index contributed by atoms with van der Waals surface area (Å²) < 4.78 is 5.82. The van der Waals surface area contributed by atoms with Crippen LogP contribution in [-0.2, 0) is 4.74 Å². The average molecular weight is 433 g/mol. The molecule has 6 heteroatoms. The van der Waals surface area contributed by atoms with E-state index in [0.29, 0.717) is 6.54 Å². The number of fused-ring (bicyclic) bond motifs is 3. The highest BCUT2D eigenvalue weighted by atomic mass is 35.5. The molecule has 0 aromatic carbocycles. The number of hydrogen-bond acceptors (Lipinski definition) is 5. The van der Waals surface area contributed by atoms with Gasteiger partial charge in [-0.15, -0.1) is 0 Å². The van der Waals surface area contributed by atoms with Crippen molar-refractivity contribution in [3.8, 4) is 0 Å². The SMILES string of the molecule is CN(C)CCCOCCC1=NCC2=CC(Cl)=CC3=C4SC=CC=C4CC3=C2S1. The third-order valence-electron chi connectivity index (χ3n) is 4.95. The van der Waals surface area contributed by atoms with Crippen LogP contribution in [0.5, 0.6) is 0 Å². The Morgan fingerprint density at radius 2 is 2.07 bits per heavy atom. The molecule has 0 bridgehead atoms. The van der Waals surface area contributed by atoms with Crippen molar-refractivity contribution in [2.45, 2.75) is 19.3 Å². The molecule has 0 aromatic heterocycles. The molecule has 0 N–H and O–H groups in total. The van der Waals surface area contributed by atoms with Crippen LogP contribution < -0.4 is 0 Å². The molecule has 4 aliphatic rings. The number of aliphatic imine (C=N–C) groups is 1. The summed E-state index contributed by atoms with van der Waals surface area (Å²) in [5, 5.41) is 4.11. The van der Waals surface area contributed by atoms with Crippen LogP contribution >= 0.6 is 35.1 Å². The summed E-state index contributed by atoms with van der Waals surface area (Å²) in [5.41, 5.74) is 5.34. The lowest BCUT2D eigenvalue weighted by Crippen LogP contribution is -2.15. The van der Waals surface area contributed by atoms with Gasteiger partial charge in [-0.3, -0.25) is 4.99 Å². The fourth-order valence-electron chi connectivity index (χ4n) is 3.62. The predicted octanol–water partition coefficient (Wildman–Crippen LogP) is 5.65. The van der Waals surface area contributed by atoms with E-state index in [0.717, 1.165) is 44.1 Å². The van der Waals surface area contributed by atoms with Crippen LogP contribution in [0.3, 0.4) is 0 Å². The quantitative estimate of drug-likeness (QED) is 0.485. The zero-order valence-electron chi connectivity index (χ0n) is 16.3. The molecule has 148 valence electrons. The predicted molar refractivity (Wildman–Crippen MR) is 124 cm³/mol. The van der Waals surface area contributed by atoms with E-state index in [1.54, 1.807) is 11.8 Å². The minimum absolute atomic E-state index is 0.707. The van der Waals surface area contributed by atoms with Crippen molar-refractivity contribution in [2.24, 2.45) is 4.99 Å². The second-order valence-electron chi connectivity index (χ2n) is 7.40. The van der Waals surface area contributed by atoms with Gasteiger partial charge in [0.2, 0.25) is 0 Å². The van der Waals surface area contributed by atoms with E-state index >= 15 is 0 Å². The van der Waals surface area contributed by atoms with Gasteiger partial charge in [0.15, 0.2) is 0 Å². The van der Waals surface area contributed by atoms with E-state index in [9.17, 15) is 0 Å². The lowest BCUT2D eigenvalue weighted by molar-refractivity contribution is 0.132. The molecule has 0 spiro atoms. The van der Waals surface area contributed by atoms with E-state index in [-0.39, 0.29) is 0 Å². The lowest BCUT2D eigenvalue weighted by atomic mass is 10.1. The van der Waals surface area contributed by atoms with Crippen molar-refractivity contribution >= 4 is 40.2 Å². The molecule has 0 fully saturated rings. The molecule has 0 saturated heterocycles. The Balaban J connectivity index is 1.46. The van der Waals surface area contributed by atoms with E-state index in [1.807, 2.05) is 11.8 Å². The Kier molecular flexibility index (Phi) is 6.69. The van der Waals surface area contributed by atoms with Crippen LogP contribution in [0, 0.1) is 0 Å². The maximum absolute atomic E-state index is 6.53. The minimum Gasteiger partial charge on any atom is -0.381 e. The van der Waals surface area contributed by atoms with E-state index in [2.05, 4.69) is 48.7 Å². The first kappa shape index (κ1) is 20.3. The van der Waals surface area contributed by atoms with Gasteiger partial charge < -0.3 is 9.64 Å². The second-order valence-corrected chi connectivity index (χ2v) is 9.83. The maximum Gasteiger partial charge on any atom is 0.0750 e. The normalized spacial score (nSPS) is 21.0. The Labute approximate surface area is 181 Å². The van der Waals surface area contributed by atoms with Crippen LogP contribution in [0.1, 0.15) is 19.3 Å². The third kappa shape index (κ3) is 4.60. The largest absolute Gasteiger partial charge is 0.381 e. The summed E-state index contributed by atoms with van der Waals surface area (Å²) in [7, 11) is 4.18. The second kappa shape index (κ2) is 9.23. The fraction of sp³-hybridized carbons (Fsp3) is 0.409. The lowest BCUT2D eigenvalue weighted by Gasteiger charge is -2.20. The first-order valence-corrected chi connectivity index (χ1v) is 11.7. The Morgan fingerprint density at radius 3 is 2.93 bits per heavy atom. The van der Waals surface area contributed by atoms with Crippen molar-refractivity contribution in [2.75, 3.05) is 40.4 Å². The number of halogens is 1. The molecule has 4 rings (SSSR count). The Bertz CT molecular complexity index is 875. The fourth-order valence-corrected chi connectivity index (χ4v) is 5.86. The smallest absolute Gasteiger partial charge is 0.0750 e. The van der Waals surface area contributed by atoms with Crippen LogP contribution in [0.2, 0.25) is 0 Å². The standard InChI is InChI=1S/C22H25ClN2OS2/c1-25(2)7-4-8-26-9-6-20-24-14-16-11-17(23)13-19-18(22(16)28-20)12-15-5-3-10-27-21(15)19/h3,5,10-11,13H,4,6-9,12,14H2,1-2H3. The summed E-state index contributed by atoms with van der Waals surface area (Å²) in [6.07, 6.45) is 11.5. The molecule has 0 atom stereocenters. The van der Waals surface area contributed by atoms with Crippen molar-refractivity contribution in [1.82, 2.24) is 4.90 Å². The van der Waals surface area contributed by atoms with Gasteiger partial charge in [0.1, 0.15) is 0 Å². The van der Waals surface area contributed by atoms with Crippen LogP contribution in [0.25, 0.3) is 0 Å². The highest BCUT2D eigenvalue weighted by Gasteiger charge is 2.31. The molecule has 0 aromatic rings. The summed E-state index contributed by atoms with van der Waals surface area (Å²) in [4.78, 5) is 9.69. The molecule has 28 heavy (non-hydrogen) atoms. The van der Waals surface area contributed by atoms with Gasteiger partial charge in [-0.2, -0.15) is 0 Å². The van der Waals surface area contributed by atoms with Crippen molar-refractivity contribution in [1.29, 1.82) is 0 Å². The number of thioether (sulfide) groups is 2. The number of rotatable bonds is 7. The first-order chi connectivity index (χ1) is 13.6. The van der Waals surface area contributed by atoms with E-state index < -0.39 is 0 Å². The summed E-state index contributed by atoms with van der Waals surface area (Å²) >= 11 is 10.1. The molecule has 0 radical (unpaired) electrons. The number of allylic oxidation sites excluding steroid dienone is 8. The van der Waals surface area contributed by atoms with E-state index in [1.165, 1.54) is 37.1 Å². The third-order valence-corrected chi connectivity index (χ3v) is 7.46. The van der Waals surface area contributed by atoms with Crippen molar-refractivity contribution < 1.29 is 4.74 Å². The van der Waals surface area contributed by atoms with Gasteiger partial charge in [-0.25, -0.2) is 0 Å². The van der Waals surface area contributed by atoms with Gasteiger partial charge in [-0.05, 0) is 66.9 Å². The summed E-state index contributed by atoms with van der Waals surface area (Å²) in [6.45, 7) is 3.31. The number of hydrogen-bond donors (Lipinski definition) is 0. The van der Waals surface area contributed by atoms with Crippen LogP contribution in [0.4, 0.5) is 0 Å². The molecule has 0 unspecified atom stereocenters. The molecule has 0 amide bonds. The highest BCUT2D eigenvalue weighted by Crippen LogP contribution is 2.51. The van der Waals surface area contributed by atoms with Crippen molar-refractivity contribution in [3.05, 3.63) is 66.8 Å². The Hall–Kier alpha value is -0.980. The van der Waals surface area contributed by atoms with Gasteiger partial charge in [0.05, 0.1) is 18.2 Å². The highest BCUT2D eigenvalue weighted by molar-refractivity contribution is 8.17. The van der Waals surface area contributed by atoms with Crippen LogP contribution in [-0.4, -0.2) is 50.3 Å². The van der Waals surface area contributed by atoms with Gasteiger partial charge in [0, 0.05) is 34.3 Å². The molecule has 2 heterocycles. The molecule has 2 aliphatic carbocycles. The first-order valence-electron chi connectivity index (χ1n) is 9.64. The number of nitrogens with zero attached hydrogens (tertiary/aromatic N) is 2. The van der Waals surface area contributed by atoms with Crippen LogP contribution in [0.15, 0.2) is 71.8 Å². The average Bonchev–Trinajstić information content (AvgIpc) is 2.97. The summed E-state index contributed by atoms with van der Waals surface area (Å²) in [5.74, 6) is 0. The molecule has 0 saturated carbocycles. The monoisotopic (exact) mass is 432 g/mol. The topological polar surface area (TPSA) is 24.8 Å². The molecule has 2 aliphatic heterocycles. The molecular formula is C22H25ClN2OS2. The van der Waals surface area contributed by atoms with Gasteiger partial charge in [0.25, 0.3) is 0 Å². The zero-order chi connectivity index (χ0) is 19.5. The minimum atomic E-state index is 0.707. The Morgan fingerprint density at radius 1 is 1.18 bits per heavy atom. The molecule has 3 nitrogen and oxygen atoms in total. The van der Waals surface area contributed by atoms with Crippen molar-refractivity contribution in [3.63, 3.8) is 0 Å². The van der Waals surface area contributed by atoms with Gasteiger partial charge in [-0.1, -0.05) is 47.3 Å². The maximum atomic E-state index is 6.53. The number of ether oxygens (including phenoxy) is 1. The van der Waals surface area contributed by atoms with Gasteiger partial charge >= 0.3 is 0 Å². The van der Waals surface area contributed by atoms with E-state index in [4.69, 9.17) is 21.3 Å². The summed E-state index contributed by atoms with van der Waals surface area (Å²) in [6, 6.07) is 0. The molecular weight excluding hydrogens is 408 g/mol.